The number of rotatable bonds is 8. The minimum Gasteiger partial charge on any atom is -0.491 e. The van der Waals surface area contributed by atoms with Crippen LogP contribution in [0.3, 0.4) is 0 Å². The van der Waals surface area contributed by atoms with Crippen LogP contribution in [0, 0.1) is 0 Å². The molecule has 106 valence electrons. The quantitative estimate of drug-likeness (QED) is 0.446. The molecule has 0 aliphatic heterocycles. The molecule has 0 aliphatic rings. The lowest BCUT2D eigenvalue weighted by atomic mass is 10.1. The summed E-state index contributed by atoms with van der Waals surface area (Å²) in [5, 5.41) is 11.8. The maximum Gasteiger partial charge on any atom is 0.119 e. The van der Waals surface area contributed by atoms with Gasteiger partial charge in [-0.05, 0) is 44.4 Å². The van der Waals surface area contributed by atoms with Gasteiger partial charge < -0.3 is 14.7 Å². The highest BCUT2D eigenvalue weighted by atomic mass is 16.5. The average molecular weight is 265 g/mol. The summed E-state index contributed by atoms with van der Waals surface area (Å²) < 4.78 is 10.8. The van der Waals surface area contributed by atoms with E-state index in [0.717, 1.165) is 30.7 Å². The molecule has 4 nitrogen and oxygen atoms in total. The van der Waals surface area contributed by atoms with Gasteiger partial charge in [0.1, 0.15) is 5.75 Å². The zero-order valence-corrected chi connectivity index (χ0v) is 11.9. The van der Waals surface area contributed by atoms with Crippen LogP contribution in [0.25, 0.3) is 0 Å². The Morgan fingerprint density at radius 1 is 1.32 bits per heavy atom. The standard InChI is InChI=1S/C15H23NO3/c1-12(16-17)4-5-14-6-8-15(9-7-14)19-13(2)10-11-18-3/h6-9,13,17H,4-5,10-11H2,1-3H3/b16-12+. The van der Waals surface area contributed by atoms with Gasteiger partial charge in [-0.25, -0.2) is 0 Å². The molecule has 4 heteroatoms. The van der Waals surface area contributed by atoms with E-state index < -0.39 is 0 Å². The molecule has 1 unspecified atom stereocenters. The fourth-order valence-corrected chi connectivity index (χ4v) is 1.68. The van der Waals surface area contributed by atoms with E-state index in [1.54, 1.807) is 7.11 Å². The van der Waals surface area contributed by atoms with Crippen LogP contribution in [-0.2, 0) is 11.2 Å². The summed E-state index contributed by atoms with van der Waals surface area (Å²) in [5.41, 5.74) is 1.95. The van der Waals surface area contributed by atoms with E-state index in [2.05, 4.69) is 5.16 Å². The van der Waals surface area contributed by atoms with E-state index in [9.17, 15) is 0 Å². The number of methoxy groups -OCH3 is 1. The Hall–Kier alpha value is -1.55. The second kappa shape index (κ2) is 8.53. The topological polar surface area (TPSA) is 51.0 Å². The minimum absolute atomic E-state index is 0.148. The largest absolute Gasteiger partial charge is 0.491 e. The molecule has 1 aromatic carbocycles. The molecule has 1 rings (SSSR count). The van der Waals surface area contributed by atoms with Crippen LogP contribution in [0.2, 0.25) is 0 Å². The Kier molecular flexibility index (Phi) is 6.97. The first-order valence-electron chi connectivity index (χ1n) is 6.57. The summed E-state index contributed by atoms with van der Waals surface area (Å²) in [6.07, 6.45) is 2.66. The fraction of sp³-hybridized carbons (Fsp3) is 0.533. The Morgan fingerprint density at radius 2 is 2.00 bits per heavy atom. The number of nitrogens with zero attached hydrogens (tertiary/aromatic N) is 1. The highest BCUT2D eigenvalue weighted by Gasteiger charge is 2.04. The monoisotopic (exact) mass is 265 g/mol. The molecule has 0 saturated heterocycles. The molecule has 1 atom stereocenters. The predicted molar refractivity (Wildman–Crippen MR) is 76.2 cm³/mol. The van der Waals surface area contributed by atoms with Gasteiger partial charge in [-0.1, -0.05) is 17.3 Å². The van der Waals surface area contributed by atoms with Crippen LogP contribution in [0.4, 0.5) is 0 Å². The van der Waals surface area contributed by atoms with Crippen LogP contribution in [0.15, 0.2) is 29.4 Å². The molecule has 0 bridgehead atoms. The number of hydrogen-bond acceptors (Lipinski definition) is 4. The Labute approximate surface area is 115 Å². The predicted octanol–water partition coefficient (Wildman–Crippen LogP) is 3.27. The Bertz CT molecular complexity index is 387. The van der Waals surface area contributed by atoms with Gasteiger partial charge in [-0.15, -0.1) is 0 Å². The summed E-state index contributed by atoms with van der Waals surface area (Å²) in [6.45, 7) is 4.56. The smallest absolute Gasteiger partial charge is 0.119 e. The van der Waals surface area contributed by atoms with E-state index in [0.29, 0.717) is 6.61 Å². The molecule has 19 heavy (non-hydrogen) atoms. The van der Waals surface area contributed by atoms with Crippen molar-refractivity contribution in [2.24, 2.45) is 5.16 Å². The zero-order chi connectivity index (χ0) is 14.1. The first kappa shape index (κ1) is 15.5. The van der Waals surface area contributed by atoms with Crippen molar-refractivity contribution in [2.75, 3.05) is 13.7 Å². The molecular weight excluding hydrogens is 242 g/mol. The van der Waals surface area contributed by atoms with Gasteiger partial charge in [0.25, 0.3) is 0 Å². The number of benzene rings is 1. The maximum atomic E-state index is 8.58. The third-order valence-electron chi connectivity index (χ3n) is 2.94. The average Bonchev–Trinajstić information content (AvgIpc) is 2.44. The summed E-state index contributed by atoms with van der Waals surface area (Å²) in [6, 6.07) is 8.04. The second-order valence-electron chi connectivity index (χ2n) is 4.69. The summed E-state index contributed by atoms with van der Waals surface area (Å²) in [4.78, 5) is 0. The van der Waals surface area contributed by atoms with Crippen molar-refractivity contribution in [3.05, 3.63) is 29.8 Å². The molecule has 0 aliphatic carbocycles. The first-order valence-corrected chi connectivity index (χ1v) is 6.57. The molecule has 1 aromatic rings. The molecule has 0 fully saturated rings. The van der Waals surface area contributed by atoms with Gasteiger partial charge in [-0.3, -0.25) is 0 Å². The van der Waals surface area contributed by atoms with Crippen LogP contribution < -0.4 is 4.74 Å². The highest BCUT2D eigenvalue weighted by molar-refractivity contribution is 5.81. The van der Waals surface area contributed by atoms with Crippen LogP contribution >= 0.6 is 0 Å². The lowest BCUT2D eigenvalue weighted by Gasteiger charge is -2.14. The normalized spacial score (nSPS) is 13.3. The molecule has 0 spiro atoms. The van der Waals surface area contributed by atoms with E-state index >= 15 is 0 Å². The van der Waals surface area contributed by atoms with Crippen LogP contribution in [0.1, 0.15) is 32.3 Å². The lowest BCUT2D eigenvalue weighted by Crippen LogP contribution is -2.14. The van der Waals surface area contributed by atoms with Crippen molar-refractivity contribution in [3.8, 4) is 5.75 Å². The lowest BCUT2D eigenvalue weighted by molar-refractivity contribution is 0.135. The fourth-order valence-electron chi connectivity index (χ4n) is 1.68. The molecular formula is C15H23NO3. The third-order valence-corrected chi connectivity index (χ3v) is 2.94. The second-order valence-corrected chi connectivity index (χ2v) is 4.69. The molecule has 0 aromatic heterocycles. The van der Waals surface area contributed by atoms with E-state index in [1.807, 2.05) is 38.1 Å². The molecule has 0 radical (unpaired) electrons. The third kappa shape index (κ3) is 6.25. The number of oxime groups is 1. The van der Waals surface area contributed by atoms with Crippen LogP contribution in [-0.4, -0.2) is 30.7 Å². The van der Waals surface area contributed by atoms with Crippen molar-refractivity contribution < 1.29 is 14.7 Å². The van der Waals surface area contributed by atoms with Crippen molar-refractivity contribution in [1.29, 1.82) is 0 Å². The maximum absolute atomic E-state index is 8.58. The number of aryl methyl sites for hydroxylation is 1. The highest BCUT2D eigenvalue weighted by Crippen LogP contribution is 2.16. The first-order chi connectivity index (χ1) is 9.15. The minimum atomic E-state index is 0.148. The summed E-state index contributed by atoms with van der Waals surface area (Å²) in [5.74, 6) is 0.875. The van der Waals surface area contributed by atoms with Crippen molar-refractivity contribution in [1.82, 2.24) is 0 Å². The summed E-state index contributed by atoms with van der Waals surface area (Å²) >= 11 is 0. The van der Waals surface area contributed by atoms with E-state index in [1.165, 1.54) is 5.56 Å². The van der Waals surface area contributed by atoms with Gasteiger partial charge in [0.2, 0.25) is 0 Å². The van der Waals surface area contributed by atoms with E-state index in [4.69, 9.17) is 14.7 Å². The Balaban J connectivity index is 2.43. The van der Waals surface area contributed by atoms with E-state index in [-0.39, 0.29) is 6.10 Å². The van der Waals surface area contributed by atoms with Gasteiger partial charge in [0, 0.05) is 20.1 Å². The molecule has 0 heterocycles. The zero-order valence-electron chi connectivity index (χ0n) is 11.9. The van der Waals surface area contributed by atoms with Crippen molar-refractivity contribution in [3.63, 3.8) is 0 Å². The Morgan fingerprint density at radius 3 is 2.58 bits per heavy atom. The van der Waals surface area contributed by atoms with Gasteiger partial charge in [0.15, 0.2) is 0 Å². The molecule has 1 N–H and O–H groups in total. The molecule has 0 saturated carbocycles. The molecule has 0 amide bonds. The summed E-state index contributed by atoms with van der Waals surface area (Å²) in [7, 11) is 1.69. The van der Waals surface area contributed by atoms with Gasteiger partial charge >= 0.3 is 0 Å². The van der Waals surface area contributed by atoms with Crippen molar-refractivity contribution >= 4 is 5.71 Å². The number of ether oxygens (including phenoxy) is 2. The van der Waals surface area contributed by atoms with Gasteiger partial charge in [-0.2, -0.15) is 0 Å². The van der Waals surface area contributed by atoms with Gasteiger partial charge in [0.05, 0.1) is 11.8 Å². The van der Waals surface area contributed by atoms with Crippen molar-refractivity contribution in [2.45, 2.75) is 39.2 Å². The SMILES string of the molecule is COCCC(C)Oc1ccc(CC/C(C)=N/O)cc1. The van der Waals surface area contributed by atoms with Crippen LogP contribution in [0.5, 0.6) is 5.75 Å². The number of hydrogen-bond donors (Lipinski definition) is 1.